The van der Waals surface area contributed by atoms with Crippen LogP contribution in [0.15, 0.2) is 27.6 Å². The van der Waals surface area contributed by atoms with Crippen molar-refractivity contribution in [3.05, 3.63) is 40.8 Å². The Balaban J connectivity index is 1.84. The van der Waals surface area contributed by atoms with Crippen LogP contribution in [-0.4, -0.2) is 25.5 Å². The van der Waals surface area contributed by atoms with Crippen LogP contribution >= 0.6 is 0 Å². The fraction of sp³-hybridized carbons (Fsp3) is 0.429. The monoisotopic (exact) mass is 417 g/mol. The van der Waals surface area contributed by atoms with Gasteiger partial charge in [-0.2, -0.15) is 0 Å². The summed E-state index contributed by atoms with van der Waals surface area (Å²) in [6, 6.07) is 5.28. The summed E-state index contributed by atoms with van der Waals surface area (Å²) in [5, 5.41) is 6.57. The summed E-state index contributed by atoms with van der Waals surface area (Å²) < 4.78 is 33.9. The van der Waals surface area contributed by atoms with Gasteiger partial charge in [-0.3, -0.25) is 4.79 Å². The zero-order valence-electron chi connectivity index (χ0n) is 17.0. The van der Waals surface area contributed by atoms with Crippen LogP contribution in [0.1, 0.15) is 61.6 Å². The Bertz CT molecular complexity index is 1020. The largest absolute Gasteiger partial charge is 0.354 e. The van der Waals surface area contributed by atoms with Gasteiger partial charge in [-0.25, -0.2) is 13.1 Å². The van der Waals surface area contributed by atoms with E-state index >= 15 is 0 Å². The molecule has 0 aliphatic heterocycles. The summed E-state index contributed by atoms with van der Waals surface area (Å²) in [4.78, 5) is 11.6. The molecule has 2 aromatic rings. The molecule has 1 aliphatic rings. The molecule has 0 unspecified atom stereocenters. The SMILES string of the molecule is CC(=O)Nc1c(C)noc1C=Cc1ccc(C)c(S(=O)(=O)NC2CCCCC2)c1. The first-order valence-electron chi connectivity index (χ1n) is 9.81. The van der Waals surface area contributed by atoms with Crippen LogP contribution in [0.3, 0.4) is 0 Å². The van der Waals surface area contributed by atoms with Gasteiger partial charge in [-0.1, -0.05) is 42.6 Å². The normalized spacial score (nSPS) is 15.7. The number of nitrogens with zero attached hydrogens (tertiary/aromatic N) is 1. The molecule has 0 atom stereocenters. The number of carbonyl (C=O) groups is 1. The summed E-state index contributed by atoms with van der Waals surface area (Å²) >= 11 is 0. The standard InChI is InChI=1S/C21H27N3O4S/c1-14-9-10-17(11-12-19-21(22-16(3)25)15(2)23-28-19)13-20(14)29(26,27)24-18-7-5-4-6-8-18/h9-13,18,24H,4-8H2,1-3H3,(H,22,25). The molecule has 156 valence electrons. The van der Waals surface area contributed by atoms with Crippen molar-refractivity contribution >= 4 is 33.8 Å². The second-order valence-corrected chi connectivity index (χ2v) is 9.19. The number of hydrogen-bond donors (Lipinski definition) is 2. The highest BCUT2D eigenvalue weighted by molar-refractivity contribution is 7.89. The third-order valence-electron chi connectivity index (χ3n) is 5.05. The highest BCUT2D eigenvalue weighted by atomic mass is 32.2. The lowest BCUT2D eigenvalue weighted by molar-refractivity contribution is -0.114. The first kappa shape index (κ1) is 21.3. The van der Waals surface area contributed by atoms with Gasteiger partial charge in [0.2, 0.25) is 15.9 Å². The fourth-order valence-corrected chi connectivity index (χ4v) is 5.10. The Hall–Kier alpha value is -2.45. The molecular formula is C21H27N3O4S. The summed E-state index contributed by atoms with van der Waals surface area (Å²) in [7, 11) is -3.59. The van der Waals surface area contributed by atoms with Gasteiger partial charge in [-0.15, -0.1) is 0 Å². The summed E-state index contributed by atoms with van der Waals surface area (Å²) in [6.45, 7) is 4.94. The lowest BCUT2D eigenvalue weighted by Crippen LogP contribution is -2.36. The fourth-order valence-electron chi connectivity index (χ4n) is 3.51. The molecule has 1 aliphatic carbocycles. The second kappa shape index (κ2) is 8.92. The predicted molar refractivity (Wildman–Crippen MR) is 113 cm³/mol. The summed E-state index contributed by atoms with van der Waals surface area (Å²) in [5.74, 6) is 0.187. The lowest BCUT2D eigenvalue weighted by Gasteiger charge is -2.23. The molecule has 2 N–H and O–H groups in total. The molecule has 3 rings (SSSR count). The van der Waals surface area contributed by atoms with E-state index in [1.807, 2.05) is 6.07 Å². The van der Waals surface area contributed by atoms with E-state index in [0.29, 0.717) is 28.3 Å². The van der Waals surface area contributed by atoms with Crippen molar-refractivity contribution in [1.82, 2.24) is 9.88 Å². The minimum Gasteiger partial charge on any atom is -0.354 e. The third kappa shape index (κ3) is 5.33. The first-order valence-corrected chi connectivity index (χ1v) is 11.3. The van der Waals surface area contributed by atoms with Crippen molar-refractivity contribution in [3.63, 3.8) is 0 Å². The molecule has 7 nitrogen and oxygen atoms in total. The third-order valence-corrected chi connectivity index (χ3v) is 6.71. The van der Waals surface area contributed by atoms with Crippen molar-refractivity contribution in [1.29, 1.82) is 0 Å². The van der Waals surface area contributed by atoms with Crippen molar-refractivity contribution in [2.75, 3.05) is 5.32 Å². The van der Waals surface area contributed by atoms with E-state index in [1.165, 1.54) is 13.3 Å². The van der Waals surface area contributed by atoms with Crippen LogP contribution in [0.5, 0.6) is 0 Å². The van der Waals surface area contributed by atoms with Crippen molar-refractivity contribution in [3.8, 4) is 0 Å². The maximum Gasteiger partial charge on any atom is 0.241 e. The van der Waals surface area contributed by atoms with Crippen LogP contribution in [0.4, 0.5) is 5.69 Å². The number of aryl methyl sites for hydroxylation is 2. The highest BCUT2D eigenvalue weighted by Crippen LogP contribution is 2.25. The van der Waals surface area contributed by atoms with Gasteiger partial charge in [-0.05, 0) is 50.0 Å². The quantitative estimate of drug-likeness (QED) is 0.739. The molecule has 1 amide bonds. The smallest absolute Gasteiger partial charge is 0.241 e. The average molecular weight is 418 g/mol. The molecule has 1 heterocycles. The van der Waals surface area contributed by atoms with Crippen LogP contribution in [0, 0.1) is 13.8 Å². The van der Waals surface area contributed by atoms with E-state index in [9.17, 15) is 13.2 Å². The molecule has 0 spiro atoms. The Morgan fingerprint density at radius 3 is 2.59 bits per heavy atom. The number of hydrogen-bond acceptors (Lipinski definition) is 5. The van der Waals surface area contributed by atoms with Gasteiger partial charge >= 0.3 is 0 Å². The number of rotatable bonds is 6. The number of aromatic nitrogens is 1. The predicted octanol–water partition coefficient (Wildman–Crippen LogP) is 4.03. The molecule has 29 heavy (non-hydrogen) atoms. The maximum absolute atomic E-state index is 12.9. The Morgan fingerprint density at radius 2 is 1.90 bits per heavy atom. The highest BCUT2D eigenvalue weighted by Gasteiger charge is 2.23. The zero-order chi connectivity index (χ0) is 21.0. The topological polar surface area (TPSA) is 101 Å². The molecular weight excluding hydrogens is 390 g/mol. The average Bonchev–Trinajstić information content (AvgIpc) is 3.00. The number of sulfonamides is 1. The van der Waals surface area contributed by atoms with Gasteiger partial charge in [0.25, 0.3) is 0 Å². The van der Waals surface area contributed by atoms with E-state index in [0.717, 1.165) is 25.7 Å². The molecule has 8 heteroatoms. The van der Waals surface area contributed by atoms with E-state index in [1.54, 1.807) is 38.1 Å². The maximum atomic E-state index is 12.9. The molecule has 0 radical (unpaired) electrons. The minimum atomic E-state index is -3.59. The molecule has 1 fully saturated rings. The molecule has 0 bridgehead atoms. The van der Waals surface area contributed by atoms with Crippen LogP contribution in [0.2, 0.25) is 0 Å². The summed E-state index contributed by atoms with van der Waals surface area (Å²) in [5.41, 5.74) is 2.48. The van der Waals surface area contributed by atoms with Gasteiger partial charge in [0, 0.05) is 13.0 Å². The zero-order valence-corrected chi connectivity index (χ0v) is 17.8. The van der Waals surface area contributed by atoms with Crippen LogP contribution in [0.25, 0.3) is 12.2 Å². The van der Waals surface area contributed by atoms with Crippen molar-refractivity contribution in [2.45, 2.75) is 63.8 Å². The van der Waals surface area contributed by atoms with E-state index < -0.39 is 10.0 Å². The molecule has 1 aromatic heterocycles. The number of anilines is 1. The number of benzene rings is 1. The van der Waals surface area contributed by atoms with Gasteiger partial charge in [0.1, 0.15) is 11.4 Å². The summed E-state index contributed by atoms with van der Waals surface area (Å²) in [6.07, 6.45) is 8.46. The first-order chi connectivity index (χ1) is 13.8. The number of nitrogens with one attached hydrogen (secondary N) is 2. The lowest BCUT2D eigenvalue weighted by atomic mass is 9.96. The van der Waals surface area contributed by atoms with Gasteiger partial charge in [0.05, 0.1) is 4.90 Å². The Kier molecular flexibility index (Phi) is 6.54. The number of amides is 1. The molecule has 1 saturated carbocycles. The van der Waals surface area contributed by atoms with Crippen molar-refractivity contribution < 1.29 is 17.7 Å². The van der Waals surface area contributed by atoms with Crippen LogP contribution in [-0.2, 0) is 14.8 Å². The minimum absolute atomic E-state index is 0.00438. The Morgan fingerprint density at radius 1 is 1.17 bits per heavy atom. The number of carbonyl (C=O) groups excluding carboxylic acids is 1. The Labute approximate surface area is 171 Å². The van der Waals surface area contributed by atoms with E-state index in [-0.39, 0.29) is 16.8 Å². The molecule has 1 aromatic carbocycles. The molecule has 0 saturated heterocycles. The van der Waals surface area contributed by atoms with Crippen LogP contribution < -0.4 is 10.0 Å². The van der Waals surface area contributed by atoms with Gasteiger partial charge in [0.15, 0.2) is 5.76 Å². The van der Waals surface area contributed by atoms with Gasteiger partial charge < -0.3 is 9.84 Å². The van der Waals surface area contributed by atoms with Crippen molar-refractivity contribution in [2.24, 2.45) is 0 Å². The van der Waals surface area contributed by atoms with E-state index in [4.69, 9.17) is 4.52 Å². The van der Waals surface area contributed by atoms with E-state index in [2.05, 4.69) is 15.2 Å². The second-order valence-electron chi connectivity index (χ2n) is 7.50.